The van der Waals surface area contributed by atoms with E-state index in [1.165, 1.54) is 18.2 Å². The molecule has 6 nitrogen and oxygen atoms in total. The van der Waals surface area contributed by atoms with Crippen LogP contribution in [-0.2, 0) is 0 Å². The zero-order valence-corrected chi connectivity index (χ0v) is 8.07. The summed E-state index contributed by atoms with van der Waals surface area (Å²) in [5.41, 5.74) is -0.243. The van der Waals surface area contributed by atoms with Gasteiger partial charge in [-0.3, -0.25) is 0 Å². The third-order valence-corrected chi connectivity index (χ3v) is 1.89. The summed E-state index contributed by atoms with van der Waals surface area (Å²) in [5, 5.41) is 22.3. The van der Waals surface area contributed by atoms with Crippen molar-refractivity contribution in [1.29, 1.82) is 0 Å². The fourth-order valence-electron chi connectivity index (χ4n) is 0.783. The lowest BCUT2D eigenvalue weighted by atomic mass is 10.3. The lowest BCUT2D eigenvalue weighted by Gasteiger charge is -1.99. The molecule has 0 spiro atoms. The highest BCUT2D eigenvalue weighted by molar-refractivity contribution is 6.38. The molecule has 0 aliphatic rings. The Morgan fingerprint density at radius 3 is 2.14 bits per heavy atom. The van der Waals surface area contributed by atoms with Crippen molar-refractivity contribution in [2.24, 2.45) is 5.22 Å². The van der Waals surface area contributed by atoms with Gasteiger partial charge in [-0.25, -0.2) is 10.1 Å². The first-order valence-corrected chi connectivity index (χ1v) is 4.05. The van der Waals surface area contributed by atoms with Crippen molar-refractivity contribution in [2.75, 3.05) is 0 Å². The van der Waals surface area contributed by atoms with E-state index in [0.717, 1.165) is 0 Å². The maximum Gasteiger partial charge on any atom is 0.349 e. The summed E-state index contributed by atoms with van der Waals surface area (Å²) >= 11 is 11.2. The number of nitrogens with zero attached hydrogens (tertiary/aromatic N) is 3. The molecule has 8 heteroatoms. The lowest BCUT2D eigenvalue weighted by Crippen LogP contribution is -1.98. The quantitative estimate of drug-likeness (QED) is 0.342. The third kappa shape index (κ3) is 2.30. The monoisotopic (exact) mass is 235 g/mol. The second-order valence-corrected chi connectivity index (χ2v) is 2.98. The van der Waals surface area contributed by atoms with Crippen LogP contribution in [0.1, 0.15) is 0 Å². The fraction of sp³-hybridized carbons (Fsp3) is 0. The minimum Gasteiger partial charge on any atom is -0.590 e. The summed E-state index contributed by atoms with van der Waals surface area (Å²) in [6.45, 7) is 0. The molecular weight excluding hydrogens is 233 g/mol. The minimum absolute atomic E-state index is 0.00176. The van der Waals surface area contributed by atoms with Gasteiger partial charge in [0.05, 0.1) is 0 Å². The molecule has 0 atom stereocenters. The Hall–Kier alpha value is -1.40. The molecule has 74 valence electrons. The van der Waals surface area contributed by atoms with Crippen LogP contribution < -0.4 is 0 Å². The van der Waals surface area contributed by atoms with E-state index in [1.807, 2.05) is 0 Å². The van der Waals surface area contributed by atoms with Crippen LogP contribution in [0, 0.1) is 15.3 Å². The van der Waals surface area contributed by atoms with E-state index in [9.17, 15) is 15.3 Å². The Labute approximate surface area is 88.1 Å². The number of benzene rings is 1. The molecule has 1 aromatic carbocycles. The van der Waals surface area contributed by atoms with Crippen LogP contribution in [0.4, 0.5) is 5.69 Å². The van der Waals surface area contributed by atoms with E-state index in [1.54, 1.807) is 0 Å². The van der Waals surface area contributed by atoms with Crippen molar-refractivity contribution in [2.45, 2.75) is 0 Å². The van der Waals surface area contributed by atoms with E-state index in [-0.39, 0.29) is 20.6 Å². The van der Waals surface area contributed by atoms with Crippen LogP contribution in [0.3, 0.4) is 0 Å². The average molecular weight is 236 g/mol. The van der Waals surface area contributed by atoms with E-state index < -0.39 is 5.03 Å². The molecular formula is C6H3Cl2N3O3. The van der Waals surface area contributed by atoms with Crippen LogP contribution in [0.25, 0.3) is 0 Å². The molecule has 0 aliphatic carbocycles. The largest absolute Gasteiger partial charge is 0.590 e. The predicted molar refractivity (Wildman–Crippen MR) is 49.2 cm³/mol. The maximum atomic E-state index is 11.0. The molecule has 0 saturated heterocycles. The van der Waals surface area contributed by atoms with Gasteiger partial charge in [-0.15, -0.1) is 0 Å². The Morgan fingerprint density at radius 1 is 1.21 bits per heavy atom. The molecule has 1 rings (SSSR count). The minimum atomic E-state index is -1.13. The summed E-state index contributed by atoms with van der Waals surface area (Å²) in [4.78, 5) is 9.69. The number of rotatable bonds is 2. The number of hydrogen-bond acceptors (Lipinski definition) is 3. The van der Waals surface area contributed by atoms with Crippen LogP contribution in [0.2, 0.25) is 10.0 Å². The Bertz CT molecular complexity index is 387. The van der Waals surface area contributed by atoms with Gasteiger partial charge in [-0.2, -0.15) is 0 Å². The Kier molecular flexibility index (Phi) is 3.21. The molecule has 1 aromatic rings. The molecule has 14 heavy (non-hydrogen) atoms. The van der Waals surface area contributed by atoms with Crippen LogP contribution >= 0.6 is 23.2 Å². The average Bonchev–Trinajstić information content (AvgIpc) is 2.01. The fourth-order valence-corrected chi connectivity index (χ4v) is 1.32. The second-order valence-electron chi connectivity index (χ2n) is 2.17. The van der Waals surface area contributed by atoms with Crippen molar-refractivity contribution >= 4 is 28.9 Å². The van der Waals surface area contributed by atoms with E-state index in [0.29, 0.717) is 0 Å². The number of hydrogen-bond donors (Lipinski definition) is 0. The predicted octanol–water partition coefficient (Wildman–Crippen LogP) is 2.78. The van der Waals surface area contributed by atoms with Gasteiger partial charge in [-0.05, 0) is 12.1 Å². The van der Waals surface area contributed by atoms with Crippen molar-refractivity contribution in [3.8, 4) is 0 Å². The maximum absolute atomic E-state index is 11.0. The zero-order chi connectivity index (χ0) is 10.7. The molecule has 0 unspecified atom stereocenters. The first-order valence-electron chi connectivity index (χ1n) is 3.29. The van der Waals surface area contributed by atoms with Gasteiger partial charge >= 0.3 is 5.22 Å². The van der Waals surface area contributed by atoms with Gasteiger partial charge in [0.15, 0.2) is 0 Å². The third-order valence-electron chi connectivity index (χ3n) is 1.28. The standard InChI is InChI=1S/C6H3Cl2N3O3/c7-4-2-1-3-5(8)6(4)10(12)9-11(13)14/h1-3H. The normalized spacial score (nSPS) is 11.4. The highest BCUT2D eigenvalue weighted by Gasteiger charge is 2.18. The van der Waals surface area contributed by atoms with Gasteiger partial charge in [0.2, 0.25) is 0 Å². The summed E-state index contributed by atoms with van der Waals surface area (Å²) < 4.78 is 0. The molecule has 0 radical (unpaired) electrons. The topological polar surface area (TPSA) is 81.6 Å². The van der Waals surface area contributed by atoms with Crippen LogP contribution in [0.5, 0.6) is 0 Å². The summed E-state index contributed by atoms with van der Waals surface area (Å²) in [6.07, 6.45) is 0. The number of para-hydroxylation sites is 1. The zero-order valence-electron chi connectivity index (χ0n) is 6.55. The lowest BCUT2D eigenvalue weighted by molar-refractivity contribution is -0.642. The van der Waals surface area contributed by atoms with Crippen molar-refractivity contribution in [1.82, 2.24) is 0 Å². The second kappa shape index (κ2) is 4.21. The molecule has 0 saturated carbocycles. The van der Waals surface area contributed by atoms with Crippen molar-refractivity contribution < 1.29 is 9.89 Å². The molecule has 0 N–H and O–H groups in total. The highest BCUT2D eigenvalue weighted by atomic mass is 35.5. The van der Waals surface area contributed by atoms with Crippen molar-refractivity contribution in [3.63, 3.8) is 0 Å². The number of halogens is 2. The smallest absolute Gasteiger partial charge is 0.349 e. The molecule has 0 amide bonds. The van der Waals surface area contributed by atoms with E-state index in [2.05, 4.69) is 5.22 Å². The summed E-state index contributed by atoms with van der Waals surface area (Å²) in [6, 6.07) is 4.26. The van der Waals surface area contributed by atoms with Crippen LogP contribution in [0.15, 0.2) is 23.4 Å². The molecule has 0 aromatic heterocycles. The SMILES string of the molecule is O=[N+]([O-])N=[N+]([O-])c1c(Cl)cccc1Cl. The first kappa shape index (κ1) is 10.7. The van der Waals surface area contributed by atoms with Gasteiger partial charge in [0.1, 0.15) is 10.0 Å². The van der Waals surface area contributed by atoms with E-state index in [4.69, 9.17) is 23.2 Å². The highest BCUT2D eigenvalue weighted by Crippen LogP contribution is 2.31. The summed E-state index contributed by atoms with van der Waals surface area (Å²) in [5.74, 6) is 0. The van der Waals surface area contributed by atoms with E-state index >= 15 is 0 Å². The number of nitro groups is 1. The first-order chi connectivity index (χ1) is 6.52. The van der Waals surface area contributed by atoms with Gasteiger partial charge < -0.3 is 5.21 Å². The molecule has 0 heterocycles. The van der Waals surface area contributed by atoms with Gasteiger partial charge in [0.25, 0.3) is 10.7 Å². The Balaban J connectivity index is 3.25. The van der Waals surface area contributed by atoms with Gasteiger partial charge in [-0.1, -0.05) is 29.3 Å². The molecule has 0 bridgehead atoms. The van der Waals surface area contributed by atoms with Gasteiger partial charge in [0, 0.05) is 4.86 Å². The summed E-state index contributed by atoms with van der Waals surface area (Å²) in [7, 11) is 0. The van der Waals surface area contributed by atoms with Crippen molar-refractivity contribution in [3.05, 3.63) is 43.6 Å². The molecule has 0 fully saturated rings. The molecule has 0 aliphatic heterocycles. The van der Waals surface area contributed by atoms with Crippen LogP contribution in [-0.4, -0.2) is 9.89 Å². The Morgan fingerprint density at radius 2 is 1.71 bits per heavy atom.